The molecule has 1 amide bonds. The van der Waals surface area contributed by atoms with Gasteiger partial charge in [0.05, 0.1) is 13.2 Å². The number of carbonyl (C=O) groups is 1. The highest BCUT2D eigenvalue weighted by atomic mass is 16.6. The minimum atomic E-state index is -0.337. The summed E-state index contributed by atoms with van der Waals surface area (Å²) in [5, 5.41) is 2.70. The molecule has 0 fully saturated rings. The number of methoxy groups -OCH3 is 1. The topological polar surface area (TPSA) is 56.8 Å². The van der Waals surface area contributed by atoms with Crippen LogP contribution in [-0.4, -0.2) is 45.7 Å². The second-order valence-electron chi connectivity index (χ2n) is 3.73. The molecule has 5 nitrogen and oxygen atoms in total. The highest BCUT2D eigenvalue weighted by molar-refractivity contribution is 5.67. The first-order valence-electron chi connectivity index (χ1n) is 6.25. The van der Waals surface area contributed by atoms with Crippen molar-refractivity contribution in [1.29, 1.82) is 0 Å². The van der Waals surface area contributed by atoms with Gasteiger partial charge < -0.3 is 19.5 Å². The fourth-order valence-corrected chi connectivity index (χ4v) is 1.26. The van der Waals surface area contributed by atoms with Gasteiger partial charge in [0.25, 0.3) is 0 Å². The van der Waals surface area contributed by atoms with Crippen molar-refractivity contribution in [1.82, 2.24) is 5.32 Å². The van der Waals surface area contributed by atoms with E-state index in [4.69, 9.17) is 14.2 Å². The third-order valence-electron chi connectivity index (χ3n) is 2.35. The highest BCUT2D eigenvalue weighted by Gasteiger charge is 2.08. The maximum Gasteiger partial charge on any atom is 0.407 e. The number of alkyl carbamates (subject to hydrolysis) is 1. The average Bonchev–Trinajstić information content (AvgIpc) is 2.34. The molecule has 0 saturated heterocycles. The van der Waals surface area contributed by atoms with Crippen LogP contribution in [0.2, 0.25) is 0 Å². The number of hydrogen-bond acceptors (Lipinski definition) is 4. The molecule has 0 aliphatic heterocycles. The Balaban J connectivity index is 3.33. The lowest BCUT2D eigenvalue weighted by molar-refractivity contribution is 0.0678. The molecule has 0 radical (unpaired) electrons. The number of rotatable bonds is 10. The van der Waals surface area contributed by atoms with Crippen LogP contribution in [0.1, 0.15) is 33.1 Å². The van der Waals surface area contributed by atoms with Gasteiger partial charge in [0, 0.05) is 20.3 Å². The summed E-state index contributed by atoms with van der Waals surface area (Å²) < 4.78 is 15.3. The maximum atomic E-state index is 11.3. The van der Waals surface area contributed by atoms with Crippen LogP contribution in [0.4, 0.5) is 4.79 Å². The fraction of sp³-hybridized carbons (Fsp3) is 0.917. The van der Waals surface area contributed by atoms with Crippen LogP contribution < -0.4 is 5.32 Å². The molecular formula is C12H25NO4. The minimum Gasteiger partial charge on any atom is -0.446 e. The van der Waals surface area contributed by atoms with Gasteiger partial charge in [0.2, 0.25) is 0 Å². The normalized spacial score (nSPS) is 10.6. The van der Waals surface area contributed by atoms with Gasteiger partial charge in [0.1, 0.15) is 6.10 Å². The van der Waals surface area contributed by atoms with E-state index in [-0.39, 0.29) is 12.2 Å². The predicted molar refractivity (Wildman–Crippen MR) is 66.2 cm³/mol. The summed E-state index contributed by atoms with van der Waals surface area (Å²) in [6.45, 7) is 6.40. The molecule has 0 saturated carbocycles. The molecule has 0 bridgehead atoms. The van der Waals surface area contributed by atoms with E-state index in [1.807, 2.05) is 13.8 Å². The van der Waals surface area contributed by atoms with Crippen LogP contribution >= 0.6 is 0 Å². The molecule has 0 rings (SSSR count). The molecule has 0 atom stereocenters. The summed E-state index contributed by atoms with van der Waals surface area (Å²) in [5.74, 6) is 0. The zero-order valence-electron chi connectivity index (χ0n) is 11.2. The highest BCUT2D eigenvalue weighted by Crippen LogP contribution is 2.02. The molecule has 0 heterocycles. The van der Waals surface area contributed by atoms with Crippen LogP contribution in [0.5, 0.6) is 0 Å². The zero-order valence-corrected chi connectivity index (χ0v) is 11.2. The number of carbonyl (C=O) groups excluding carboxylic acids is 1. The summed E-state index contributed by atoms with van der Waals surface area (Å²) in [7, 11) is 1.64. The van der Waals surface area contributed by atoms with E-state index in [1.165, 1.54) is 0 Å². The Hall–Kier alpha value is -0.810. The van der Waals surface area contributed by atoms with E-state index in [9.17, 15) is 4.79 Å². The Morgan fingerprint density at radius 1 is 1.18 bits per heavy atom. The average molecular weight is 247 g/mol. The largest absolute Gasteiger partial charge is 0.446 e. The summed E-state index contributed by atoms with van der Waals surface area (Å²) in [4.78, 5) is 11.3. The van der Waals surface area contributed by atoms with Gasteiger partial charge in [-0.2, -0.15) is 0 Å². The summed E-state index contributed by atoms with van der Waals surface area (Å²) in [6, 6.07) is 0. The number of ether oxygens (including phenoxy) is 3. The van der Waals surface area contributed by atoms with E-state index in [0.29, 0.717) is 26.4 Å². The molecular weight excluding hydrogens is 222 g/mol. The van der Waals surface area contributed by atoms with Crippen LogP contribution in [0.25, 0.3) is 0 Å². The van der Waals surface area contributed by atoms with E-state index in [2.05, 4.69) is 5.32 Å². The summed E-state index contributed by atoms with van der Waals surface area (Å²) in [6.07, 6.45) is 2.17. The number of nitrogens with one attached hydrogen (secondary N) is 1. The van der Waals surface area contributed by atoms with Crippen molar-refractivity contribution < 1.29 is 19.0 Å². The van der Waals surface area contributed by atoms with Crippen molar-refractivity contribution in [2.75, 3.05) is 33.5 Å². The Morgan fingerprint density at radius 3 is 2.47 bits per heavy atom. The molecule has 1 N–H and O–H groups in total. The molecule has 0 aliphatic rings. The Kier molecular flexibility index (Phi) is 11.1. The van der Waals surface area contributed by atoms with Gasteiger partial charge >= 0.3 is 6.09 Å². The van der Waals surface area contributed by atoms with Crippen molar-refractivity contribution >= 4 is 6.09 Å². The van der Waals surface area contributed by atoms with Gasteiger partial charge in [0.15, 0.2) is 0 Å². The molecule has 102 valence electrons. The second-order valence-corrected chi connectivity index (χ2v) is 3.73. The first-order chi connectivity index (χ1) is 8.24. The third-order valence-corrected chi connectivity index (χ3v) is 2.35. The molecule has 0 aliphatic carbocycles. The van der Waals surface area contributed by atoms with Crippen molar-refractivity contribution in [2.24, 2.45) is 0 Å². The van der Waals surface area contributed by atoms with Crippen molar-refractivity contribution in [3.63, 3.8) is 0 Å². The molecule has 0 aromatic rings. The van der Waals surface area contributed by atoms with Gasteiger partial charge in [-0.15, -0.1) is 0 Å². The van der Waals surface area contributed by atoms with Gasteiger partial charge in [-0.25, -0.2) is 4.79 Å². The Labute approximate surface area is 104 Å². The summed E-state index contributed by atoms with van der Waals surface area (Å²) in [5.41, 5.74) is 0. The molecule has 0 spiro atoms. The van der Waals surface area contributed by atoms with Crippen LogP contribution in [0.3, 0.4) is 0 Å². The lowest BCUT2D eigenvalue weighted by Gasteiger charge is -2.14. The molecule has 17 heavy (non-hydrogen) atoms. The Morgan fingerprint density at radius 2 is 1.88 bits per heavy atom. The minimum absolute atomic E-state index is 0.0213. The molecule has 0 unspecified atom stereocenters. The first-order valence-corrected chi connectivity index (χ1v) is 6.25. The quantitative estimate of drug-likeness (QED) is 0.599. The van der Waals surface area contributed by atoms with E-state index in [0.717, 1.165) is 19.3 Å². The number of amides is 1. The van der Waals surface area contributed by atoms with Crippen LogP contribution in [0, 0.1) is 0 Å². The van der Waals surface area contributed by atoms with Crippen molar-refractivity contribution in [3.8, 4) is 0 Å². The van der Waals surface area contributed by atoms with Gasteiger partial charge in [-0.3, -0.25) is 0 Å². The van der Waals surface area contributed by atoms with Gasteiger partial charge in [-0.1, -0.05) is 13.8 Å². The Bertz CT molecular complexity index is 183. The van der Waals surface area contributed by atoms with Crippen molar-refractivity contribution in [2.45, 2.75) is 39.2 Å². The lowest BCUT2D eigenvalue weighted by Crippen LogP contribution is -2.29. The third kappa shape index (κ3) is 10.1. The maximum absolute atomic E-state index is 11.3. The predicted octanol–water partition coefficient (Wildman–Crippen LogP) is 1.95. The standard InChI is InChI=1S/C12H25NO4/c1-4-11(5-2)17-12(14)13-7-6-8-16-10-9-15-3/h11H,4-10H2,1-3H3,(H,13,14). The molecule has 0 aromatic heterocycles. The van der Waals surface area contributed by atoms with E-state index >= 15 is 0 Å². The zero-order chi connectivity index (χ0) is 12.9. The van der Waals surface area contributed by atoms with Crippen LogP contribution in [0.15, 0.2) is 0 Å². The fourth-order valence-electron chi connectivity index (χ4n) is 1.26. The van der Waals surface area contributed by atoms with E-state index in [1.54, 1.807) is 7.11 Å². The molecule has 5 heteroatoms. The molecule has 0 aromatic carbocycles. The van der Waals surface area contributed by atoms with Gasteiger partial charge in [-0.05, 0) is 19.3 Å². The monoisotopic (exact) mass is 247 g/mol. The lowest BCUT2D eigenvalue weighted by atomic mass is 10.2. The van der Waals surface area contributed by atoms with Crippen molar-refractivity contribution in [3.05, 3.63) is 0 Å². The van der Waals surface area contributed by atoms with E-state index < -0.39 is 0 Å². The van der Waals surface area contributed by atoms with Crippen LogP contribution in [-0.2, 0) is 14.2 Å². The smallest absolute Gasteiger partial charge is 0.407 e. The SMILES string of the molecule is CCC(CC)OC(=O)NCCCOCCOC. The summed E-state index contributed by atoms with van der Waals surface area (Å²) >= 11 is 0. The first kappa shape index (κ1) is 16.2. The second kappa shape index (κ2) is 11.7. The number of hydrogen-bond donors (Lipinski definition) is 1.